The fraction of sp³-hybridized carbons (Fsp3) is 1.00. The van der Waals surface area contributed by atoms with Crippen LogP contribution in [0.2, 0.25) is 0 Å². The monoisotopic (exact) mass is 198 g/mol. The maximum absolute atomic E-state index is 2.12. The van der Waals surface area contributed by atoms with E-state index in [0.717, 1.165) is 0 Å². The molecule has 0 aromatic rings. The van der Waals surface area contributed by atoms with E-state index in [-0.39, 0.29) is 37.1 Å². The molecule has 0 rings (SSSR count). The van der Waals surface area contributed by atoms with Crippen LogP contribution in [-0.2, 0) is 0 Å². The molecule has 0 heterocycles. The Morgan fingerprint density at radius 1 is 0.462 bits per heavy atom. The van der Waals surface area contributed by atoms with Crippen LogP contribution in [0.4, 0.5) is 0 Å². The molecular weight excluding hydrogens is 156 g/mol. The van der Waals surface area contributed by atoms with Gasteiger partial charge in [-0.2, -0.15) is 0 Å². The molecule has 0 atom stereocenters. The highest BCUT2D eigenvalue weighted by atomic mass is 13.4. The van der Waals surface area contributed by atoms with Crippen molar-refractivity contribution in [3.05, 3.63) is 0 Å². The Balaban J connectivity index is -0.00000000409. The number of hydrogen-bond donors (Lipinski definition) is 0. The Bertz CT molecular complexity index is 2.00. The van der Waals surface area contributed by atoms with Crippen molar-refractivity contribution < 1.29 is 0 Å². The Labute approximate surface area is 92.2 Å². The Hall–Kier alpha value is 0. The van der Waals surface area contributed by atoms with Gasteiger partial charge in [-0.05, 0) is 0 Å². The van der Waals surface area contributed by atoms with E-state index in [9.17, 15) is 0 Å². The van der Waals surface area contributed by atoms with Gasteiger partial charge < -0.3 is 0 Å². The summed E-state index contributed by atoms with van der Waals surface area (Å²) in [5.41, 5.74) is 0. The third kappa shape index (κ3) is 0. The average molecular weight is 198 g/mol. The zero-order valence-corrected chi connectivity index (χ0v) is 7.41. The molecule has 13 heavy (non-hydrogen) atoms. The largest absolute Gasteiger partial charge is 0.0776 e. The molecule has 0 aliphatic carbocycles. The summed E-state index contributed by atoms with van der Waals surface area (Å²) in [6.45, 7) is 12.5. The van der Waals surface area contributed by atoms with Crippen LogP contribution in [0.5, 0.6) is 0 Å². The van der Waals surface area contributed by atoms with Gasteiger partial charge in [0.15, 0.2) is 0 Å². The smallest absolute Gasteiger partial charge is 0.0590 e. The van der Waals surface area contributed by atoms with Crippen LogP contribution in [0.25, 0.3) is 0 Å². The van der Waals surface area contributed by atoms with Gasteiger partial charge in [0.1, 0.15) is 0 Å². The second kappa shape index (κ2) is 363. The summed E-state index contributed by atoms with van der Waals surface area (Å²) < 4.78 is 0. The van der Waals surface area contributed by atoms with Gasteiger partial charge in [0.05, 0.1) is 0 Å². The molecule has 0 fully saturated rings. The highest BCUT2D eigenvalue weighted by Crippen LogP contribution is 1.56. The minimum absolute atomic E-state index is 0. The molecule has 0 aliphatic heterocycles. The van der Waals surface area contributed by atoms with Crippen LogP contribution in [0.15, 0.2) is 0 Å². The van der Waals surface area contributed by atoms with E-state index < -0.39 is 0 Å². The number of rotatable bonds is 0. The first-order valence-electron chi connectivity index (χ1n) is 3.83. The molecule has 0 spiro atoms. The van der Waals surface area contributed by atoms with E-state index in [2.05, 4.69) is 27.7 Å². The first kappa shape index (κ1) is 74.9. The van der Waals surface area contributed by atoms with E-state index in [0.29, 0.717) is 0 Å². The molecule has 0 bridgehead atoms. The topological polar surface area (TPSA) is 0 Å². The van der Waals surface area contributed by atoms with Crippen LogP contribution in [0.1, 0.15) is 91.5 Å². The molecule has 0 saturated heterocycles. The fourth-order valence-corrected chi connectivity index (χ4v) is 0. The fourth-order valence-electron chi connectivity index (χ4n) is 0. The summed E-state index contributed by atoms with van der Waals surface area (Å²) in [5.74, 6) is 0. The third-order valence-electron chi connectivity index (χ3n) is 0. The van der Waals surface area contributed by atoms with E-state index >= 15 is 0 Å². The van der Waals surface area contributed by atoms with E-state index in [4.69, 9.17) is 0 Å². The molecule has 0 nitrogen and oxygen atoms in total. The molecule has 0 N–H and O–H groups in total. The van der Waals surface area contributed by atoms with Crippen molar-refractivity contribution in [2.45, 2.75) is 91.5 Å². The average Bonchev–Trinajstić information content (AvgIpc) is 1.75. The molecule has 0 heteroatoms. The predicted molar refractivity (Wildman–Crippen MR) is 76.9 cm³/mol. The maximum Gasteiger partial charge on any atom is -0.0590 e. The summed E-state index contributed by atoms with van der Waals surface area (Å²) in [6.07, 6.45) is 2.50. The normalized spacial score (nSPS) is 3.23. The van der Waals surface area contributed by atoms with Crippen molar-refractivity contribution in [1.29, 1.82) is 0 Å². The second-order valence-electron chi connectivity index (χ2n) is 1.41. The lowest BCUT2D eigenvalue weighted by molar-refractivity contribution is 1.09. The molecule has 0 aromatic carbocycles. The standard InChI is InChI=1S/2C3H8.C2H6.5CH4/c2*1-3-2;1-2;;;;;/h2*3H2,1-2H3;1-2H3;5*1H4. The van der Waals surface area contributed by atoms with Crippen LogP contribution < -0.4 is 0 Å². The molecule has 0 saturated carbocycles. The minimum atomic E-state index is 0. The first-order valence-corrected chi connectivity index (χ1v) is 3.83. The summed E-state index contributed by atoms with van der Waals surface area (Å²) >= 11 is 0. The summed E-state index contributed by atoms with van der Waals surface area (Å²) in [4.78, 5) is 0. The maximum atomic E-state index is 2.12. The van der Waals surface area contributed by atoms with Gasteiger partial charge in [-0.3, -0.25) is 0 Å². The van der Waals surface area contributed by atoms with Gasteiger partial charge in [0.2, 0.25) is 0 Å². The summed E-state index contributed by atoms with van der Waals surface area (Å²) in [7, 11) is 0. The summed E-state index contributed by atoms with van der Waals surface area (Å²) in [5, 5.41) is 0. The van der Waals surface area contributed by atoms with Gasteiger partial charge in [-0.1, -0.05) is 91.5 Å². The van der Waals surface area contributed by atoms with Crippen molar-refractivity contribution in [3.8, 4) is 0 Å². The molecule has 94 valence electrons. The van der Waals surface area contributed by atoms with Crippen molar-refractivity contribution in [3.63, 3.8) is 0 Å². The quantitative estimate of drug-likeness (QED) is 0.391. The van der Waals surface area contributed by atoms with Crippen molar-refractivity contribution in [2.24, 2.45) is 0 Å². The Morgan fingerprint density at radius 2 is 0.462 bits per heavy atom. The zero-order chi connectivity index (χ0) is 7.41. The Morgan fingerprint density at radius 3 is 0.462 bits per heavy atom. The van der Waals surface area contributed by atoms with Crippen LogP contribution in [0, 0.1) is 0 Å². The van der Waals surface area contributed by atoms with Gasteiger partial charge in [-0.15, -0.1) is 0 Å². The minimum Gasteiger partial charge on any atom is -0.0776 e. The second-order valence-corrected chi connectivity index (χ2v) is 1.41. The highest BCUT2D eigenvalue weighted by Gasteiger charge is 1.36. The van der Waals surface area contributed by atoms with Crippen molar-refractivity contribution in [2.75, 3.05) is 0 Å². The third-order valence-corrected chi connectivity index (χ3v) is 0. The van der Waals surface area contributed by atoms with Crippen molar-refractivity contribution in [1.82, 2.24) is 0 Å². The predicted octanol–water partition coefficient (Wildman–Crippen LogP) is 7.04. The SMILES string of the molecule is C.C.C.C.C.CC.CCC.CCC. The van der Waals surface area contributed by atoms with Gasteiger partial charge in [0.25, 0.3) is 0 Å². The van der Waals surface area contributed by atoms with Gasteiger partial charge in [-0.25, -0.2) is 0 Å². The van der Waals surface area contributed by atoms with Gasteiger partial charge in [0, 0.05) is 0 Å². The van der Waals surface area contributed by atoms with Crippen molar-refractivity contribution >= 4 is 0 Å². The van der Waals surface area contributed by atoms with E-state index in [1.165, 1.54) is 12.8 Å². The molecule has 0 aliphatic rings. The molecule has 0 aromatic heterocycles. The first-order chi connectivity index (χ1) is 3.83. The number of hydrogen-bond acceptors (Lipinski definition) is 0. The van der Waals surface area contributed by atoms with Crippen LogP contribution in [-0.4, -0.2) is 0 Å². The molecular formula is C13H42. The van der Waals surface area contributed by atoms with Crippen LogP contribution >= 0.6 is 0 Å². The summed E-state index contributed by atoms with van der Waals surface area (Å²) in [6, 6.07) is 0. The van der Waals surface area contributed by atoms with Gasteiger partial charge >= 0.3 is 0 Å². The van der Waals surface area contributed by atoms with Crippen LogP contribution in [0.3, 0.4) is 0 Å². The molecule has 0 unspecified atom stereocenters. The molecule has 0 radical (unpaired) electrons. The van der Waals surface area contributed by atoms with E-state index in [1.54, 1.807) is 0 Å². The lowest BCUT2D eigenvalue weighted by Crippen LogP contribution is -1.27. The molecule has 0 amide bonds. The lowest BCUT2D eigenvalue weighted by Gasteiger charge is -1.48. The zero-order valence-electron chi connectivity index (χ0n) is 7.41. The van der Waals surface area contributed by atoms with E-state index in [1.807, 2.05) is 13.8 Å². The highest BCUT2D eigenvalue weighted by molar-refractivity contribution is 3.92. The lowest BCUT2D eigenvalue weighted by atomic mass is 10.6. The Kier molecular flexibility index (Phi) is 2090.